The molecule has 0 radical (unpaired) electrons. The maximum absolute atomic E-state index is 12.0. The first-order valence-corrected chi connectivity index (χ1v) is 10.5. The highest BCUT2D eigenvalue weighted by Crippen LogP contribution is 2.23. The number of rotatable bonds is 14. The van der Waals surface area contributed by atoms with E-state index >= 15 is 0 Å². The topological polar surface area (TPSA) is 107 Å². The number of ether oxygens (including phenoxy) is 1. The number of carbonyl (C=O) groups is 1. The quantitative estimate of drug-likeness (QED) is 0.269. The fourth-order valence-corrected chi connectivity index (χ4v) is 3.40. The van der Waals surface area contributed by atoms with Gasteiger partial charge in [0.1, 0.15) is 24.4 Å². The standard InChI is InChI=1S/C21H38O6/c1-2-3-4-5-6-7-8-9-10-11-12-13-16(23)14-17-19(24)21(26)20(25)18(15-22)27-17/h12-13,17-22,24-26H,2-11,14-15H2,1H3/t17?,18?,19-,20-,21-/m1/s1. The Morgan fingerprint density at radius 2 is 1.41 bits per heavy atom. The Morgan fingerprint density at radius 3 is 2.00 bits per heavy atom. The minimum atomic E-state index is -1.43. The number of carbonyl (C=O) groups excluding carboxylic acids is 1. The second kappa shape index (κ2) is 14.2. The fraction of sp³-hybridized carbons (Fsp3) is 0.857. The Labute approximate surface area is 163 Å². The van der Waals surface area contributed by atoms with Gasteiger partial charge in [0, 0.05) is 6.42 Å². The zero-order valence-corrected chi connectivity index (χ0v) is 16.6. The van der Waals surface area contributed by atoms with Crippen molar-refractivity contribution in [2.24, 2.45) is 0 Å². The molecule has 0 aromatic rings. The van der Waals surface area contributed by atoms with E-state index in [-0.39, 0.29) is 12.2 Å². The van der Waals surface area contributed by atoms with Crippen LogP contribution >= 0.6 is 0 Å². The Bertz CT molecular complexity index is 423. The van der Waals surface area contributed by atoms with E-state index in [9.17, 15) is 20.1 Å². The summed E-state index contributed by atoms with van der Waals surface area (Å²) in [6.45, 7) is 1.74. The average molecular weight is 387 g/mol. The maximum atomic E-state index is 12.0. The highest BCUT2D eigenvalue weighted by atomic mass is 16.5. The van der Waals surface area contributed by atoms with Gasteiger partial charge in [-0.05, 0) is 18.9 Å². The van der Waals surface area contributed by atoms with Crippen LogP contribution in [-0.4, -0.2) is 63.3 Å². The molecule has 1 aliphatic heterocycles. The molecule has 1 fully saturated rings. The molecule has 5 atom stereocenters. The van der Waals surface area contributed by atoms with Gasteiger partial charge in [-0.25, -0.2) is 0 Å². The predicted octanol–water partition coefficient (Wildman–Crippen LogP) is 2.27. The molecule has 0 aromatic carbocycles. The van der Waals surface area contributed by atoms with Gasteiger partial charge >= 0.3 is 0 Å². The second-order valence-electron chi connectivity index (χ2n) is 7.56. The van der Waals surface area contributed by atoms with Gasteiger partial charge in [-0.1, -0.05) is 64.4 Å². The highest BCUT2D eigenvalue weighted by molar-refractivity contribution is 5.90. The molecule has 6 nitrogen and oxygen atoms in total. The smallest absolute Gasteiger partial charge is 0.158 e. The fourth-order valence-electron chi connectivity index (χ4n) is 3.40. The van der Waals surface area contributed by atoms with Gasteiger partial charge in [-0.2, -0.15) is 0 Å². The summed E-state index contributed by atoms with van der Waals surface area (Å²) in [6, 6.07) is 0. The summed E-state index contributed by atoms with van der Waals surface area (Å²) in [6.07, 6.45) is 9.37. The monoisotopic (exact) mass is 386 g/mol. The van der Waals surface area contributed by atoms with Gasteiger partial charge in [0.05, 0.1) is 12.7 Å². The third kappa shape index (κ3) is 9.30. The molecule has 0 aliphatic carbocycles. The van der Waals surface area contributed by atoms with Crippen molar-refractivity contribution in [3.8, 4) is 0 Å². The Balaban J connectivity index is 2.15. The molecule has 1 rings (SSSR count). The minimum absolute atomic E-state index is 0.0876. The van der Waals surface area contributed by atoms with Crippen molar-refractivity contribution in [1.82, 2.24) is 0 Å². The van der Waals surface area contributed by atoms with Crippen LogP contribution in [0.2, 0.25) is 0 Å². The Kier molecular flexibility index (Phi) is 12.8. The van der Waals surface area contributed by atoms with Crippen LogP contribution in [-0.2, 0) is 9.53 Å². The molecule has 0 saturated carbocycles. The molecular weight excluding hydrogens is 348 g/mol. The van der Waals surface area contributed by atoms with E-state index < -0.39 is 37.1 Å². The van der Waals surface area contributed by atoms with Crippen molar-refractivity contribution in [1.29, 1.82) is 0 Å². The third-order valence-corrected chi connectivity index (χ3v) is 5.17. The van der Waals surface area contributed by atoms with Crippen LogP contribution < -0.4 is 0 Å². The van der Waals surface area contributed by atoms with Gasteiger partial charge in [-0.15, -0.1) is 0 Å². The number of hydrogen-bond acceptors (Lipinski definition) is 6. The Hall–Kier alpha value is -0.790. The van der Waals surface area contributed by atoms with Gasteiger partial charge < -0.3 is 25.2 Å². The van der Waals surface area contributed by atoms with Crippen LogP contribution in [0.1, 0.15) is 77.6 Å². The third-order valence-electron chi connectivity index (χ3n) is 5.17. The number of allylic oxidation sites excluding steroid dienone is 2. The molecule has 1 saturated heterocycles. The van der Waals surface area contributed by atoms with Crippen molar-refractivity contribution in [2.45, 2.75) is 108 Å². The largest absolute Gasteiger partial charge is 0.394 e. The zero-order chi connectivity index (χ0) is 20.1. The lowest BCUT2D eigenvalue weighted by atomic mass is 9.92. The predicted molar refractivity (Wildman–Crippen MR) is 104 cm³/mol. The summed E-state index contributed by atoms with van der Waals surface area (Å²) >= 11 is 0. The van der Waals surface area contributed by atoms with Gasteiger partial charge in [0.15, 0.2) is 5.78 Å². The molecule has 4 N–H and O–H groups in total. The number of unbranched alkanes of at least 4 members (excludes halogenated alkanes) is 9. The van der Waals surface area contributed by atoms with E-state index in [0.717, 1.165) is 12.8 Å². The van der Waals surface area contributed by atoms with E-state index in [0.29, 0.717) is 0 Å². The number of ketones is 1. The molecule has 1 aliphatic rings. The second-order valence-corrected chi connectivity index (χ2v) is 7.56. The molecule has 1 heterocycles. The van der Waals surface area contributed by atoms with Crippen LogP contribution in [0.5, 0.6) is 0 Å². The lowest BCUT2D eigenvalue weighted by Gasteiger charge is -2.39. The minimum Gasteiger partial charge on any atom is -0.394 e. The molecule has 0 spiro atoms. The van der Waals surface area contributed by atoms with Crippen LogP contribution in [0.4, 0.5) is 0 Å². The molecule has 6 heteroatoms. The van der Waals surface area contributed by atoms with Gasteiger partial charge in [0.25, 0.3) is 0 Å². The average Bonchev–Trinajstić information content (AvgIpc) is 2.66. The highest BCUT2D eigenvalue weighted by Gasteiger charge is 2.43. The first kappa shape index (κ1) is 24.2. The van der Waals surface area contributed by atoms with Crippen LogP contribution in [0, 0.1) is 0 Å². The summed E-state index contributed by atoms with van der Waals surface area (Å²) in [5.41, 5.74) is 0. The van der Waals surface area contributed by atoms with Crippen molar-refractivity contribution < 1.29 is 30.0 Å². The van der Waals surface area contributed by atoms with Crippen molar-refractivity contribution in [3.63, 3.8) is 0 Å². The summed E-state index contributed by atoms with van der Waals surface area (Å²) in [7, 11) is 0. The summed E-state index contributed by atoms with van der Waals surface area (Å²) in [5.74, 6) is -0.199. The number of aliphatic hydroxyl groups is 4. The van der Waals surface area contributed by atoms with Crippen LogP contribution in [0.25, 0.3) is 0 Å². The summed E-state index contributed by atoms with van der Waals surface area (Å²) in [4.78, 5) is 12.0. The molecule has 0 aromatic heterocycles. The Morgan fingerprint density at radius 1 is 0.852 bits per heavy atom. The van der Waals surface area contributed by atoms with Gasteiger partial charge in [0.2, 0.25) is 0 Å². The normalized spacial score (nSPS) is 28.7. The molecule has 0 bridgehead atoms. The summed E-state index contributed by atoms with van der Waals surface area (Å²) < 4.78 is 5.34. The number of aliphatic hydroxyl groups excluding tert-OH is 4. The van der Waals surface area contributed by atoms with Crippen LogP contribution in [0.3, 0.4) is 0 Å². The van der Waals surface area contributed by atoms with E-state index in [4.69, 9.17) is 9.84 Å². The van der Waals surface area contributed by atoms with E-state index in [1.165, 1.54) is 57.4 Å². The molecule has 158 valence electrons. The lowest BCUT2D eigenvalue weighted by molar-refractivity contribution is -0.229. The molecule has 27 heavy (non-hydrogen) atoms. The first-order valence-electron chi connectivity index (χ1n) is 10.5. The van der Waals surface area contributed by atoms with E-state index in [1.54, 1.807) is 0 Å². The molecule has 0 amide bonds. The van der Waals surface area contributed by atoms with Gasteiger partial charge in [-0.3, -0.25) is 4.79 Å². The van der Waals surface area contributed by atoms with Crippen LogP contribution in [0.15, 0.2) is 12.2 Å². The zero-order valence-electron chi connectivity index (χ0n) is 16.6. The summed E-state index contributed by atoms with van der Waals surface area (Å²) in [5, 5.41) is 38.6. The first-order chi connectivity index (χ1) is 13.0. The van der Waals surface area contributed by atoms with Crippen molar-refractivity contribution >= 4 is 5.78 Å². The molecular formula is C21H38O6. The van der Waals surface area contributed by atoms with Crippen molar-refractivity contribution in [2.75, 3.05) is 6.61 Å². The number of hydrogen-bond donors (Lipinski definition) is 4. The van der Waals surface area contributed by atoms with E-state index in [2.05, 4.69) is 6.92 Å². The van der Waals surface area contributed by atoms with E-state index in [1.807, 2.05) is 6.08 Å². The lowest BCUT2D eigenvalue weighted by Crippen LogP contribution is -2.58. The maximum Gasteiger partial charge on any atom is 0.158 e. The molecule has 2 unspecified atom stereocenters. The van der Waals surface area contributed by atoms with Crippen molar-refractivity contribution in [3.05, 3.63) is 12.2 Å². The SMILES string of the molecule is CCCCCCCCCCCC=CC(=O)CC1OC(CO)[C@@H](O)[C@H](O)[C@@H]1O.